The number of hydrogen-bond donors (Lipinski definition) is 8. The van der Waals surface area contributed by atoms with Gasteiger partial charge in [0.05, 0.1) is 37.6 Å². The molecule has 8 aliphatic rings. The highest BCUT2D eigenvalue weighted by atomic mass is 16.7. The molecule has 1 spiro atoms. The van der Waals surface area contributed by atoms with Gasteiger partial charge in [-0.25, -0.2) is 0 Å². The number of allylic oxidation sites excluding steroid dienone is 1. The third-order valence-corrected chi connectivity index (χ3v) is 17.8. The van der Waals surface area contributed by atoms with Crippen LogP contribution in [0, 0.1) is 50.2 Å². The number of rotatable bonds is 6. The molecule has 0 aromatic heterocycles. The van der Waals surface area contributed by atoms with Gasteiger partial charge < -0.3 is 64.5 Å². The van der Waals surface area contributed by atoms with Gasteiger partial charge in [-0.3, -0.25) is 0 Å². The first-order valence-corrected chi connectivity index (χ1v) is 20.9. The molecule has 5 aliphatic carbocycles. The molecule has 13 heteroatoms. The van der Waals surface area contributed by atoms with E-state index in [1.54, 1.807) is 0 Å². The largest absolute Gasteiger partial charge is 0.394 e. The van der Waals surface area contributed by atoms with Crippen molar-refractivity contribution < 1.29 is 64.5 Å². The fourth-order valence-corrected chi connectivity index (χ4v) is 14.2. The normalized spacial score (nSPS) is 57.9. The molecule has 0 radical (unpaired) electrons. The minimum absolute atomic E-state index is 0.0923. The predicted molar refractivity (Wildman–Crippen MR) is 197 cm³/mol. The molecule has 3 heterocycles. The van der Waals surface area contributed by atoms with Crippen molar-refractivity contribution >= 4 is 0 Å². The van der Waals surface area contributed by atoms with E-state index < -0.39 is 86.3 Å². The lowest BCUT2D eigenvalue weighted by Gasteiger charge is -2.73. The Balaban J connectivity index is 1.00. The zero-order valence-electron chi connectivity index (χ0n) is 33.7. The first-order valence-electron chi connectivity index (χ1n) is 20.9. The van der Waals surface area contributed by atoms with Crippen molar-refractivity contribution in [3.05, 3.63) is 12.2 Å². The topological polar surface area (TPSA) is 208 Å². The number of fused-ring (bicyclic) bond motifs is 4. The molecule has 7 fully saturated rings. The summed E-state index contributed by atoms with van der Waals surface area (Å²) in [6, 6.07) is 0. The summed E-state index contributed by atoms with van der Waals surface area (Å²) in [6.07, 6.45) is -3.10. The van der Waals surface area contributed by atoms with Gasteiger partial charge in [0.25, 0.3) is 0 Å². The van der Waals surface area contributed by atoms with Gasteiger partial charge in [0.1, 0.15) is 48.8 Å². The summed E-state index contributed by atoms with van der Waals surface area (Å²) in [4.78, 5) is 0. The van der Waals surface area contributed by atoms with Gasteiger partial charge in [0.15, 0.2) is 12.6 Å². The molecule has 8 rings (SSSR count). The first-order chi connectivity index (χ1) is 25.6. The minimum Gasteiger partial charge on any atom is -0.394 e. The van der Waals surface area contributed by atoms with E-state index in [1.807, 2.05) is 0 Å². The Bertz CT molecular complexity index is 1490. The number of aliphatic hydroxyl groups excluding tert-OH is 8. The zero-order chi connectivity index (χ0) is 39.9. The summed E-state index contributed by atoms with van der Waals surface area (Å²) in [5.41, 5.74) is -1.22. The maximum absolute atomic E-state index is 12.1. The highest BCUT2D eigenvalue weighted by molar-refractivity contribution is 5.36. The second-order valence-corrected chi connectivity index (χ2v) is 21.2. The average Bonchev–Trinajstić information content (AvgIpc) is 3.40. The molecule has 55 heavy (non-hydrogen) atoms. The lowest BCUT2D eigenvalue weighted by Crippen LogP contribution is -2.72. The Morgan fingerprint density at radius 3 is 2.04 bits per heavy atom. The third-order valence-electron chi connectivity index (χ3n) is 17.8. The van der Waals surface area contributed by atoms with Crippen molar-refractivity contribution in [2.75, 3.05) is 19.8 Å². The van der Waals surface area contributed by atoms with Crippen LogP contribution >= 0.6 is 0 Å². The molecule has 13 nitrogen and oxygen atoms in total. The van der Waals surface area contributed by atoms with E-state index in [0.29, 0.717) is 13.0 Å². The van der Waals surface area contributed by atoms with Crippen LogP contribution in [0.2, 0.25) is 0 Å². The first kappa shape index (κ1) is 41.0. The van der Waals surface area contributed by atoms with Crippen LogP contribution < -0.4 is 0 Å². The number of ether oxygens (including phenoxy) is 5. The Labute approximate surface area is 325 Å². The summed E-state index contributed by atoms with van der Waals surface area (Å²) < 4.78 is 30.9. The van der Waals surface area contributed by atoms with Crippen LogP contribution in [0.15, 0.2) is 12.2 Å². The van der Waals surface area contributed by atoms with Crippen molar-refractivity contribution in [1.82, 2.24) is 0 Å². The van der Waals surface area contributed by atoms with Gasteiger partial charge in [0, 0.05) is 16.7 Å². The summed E-state index contributed by atoms with van der Waals surface area (Å²) >= 11 is 0. The van der Waals surface area contributed by atoms with Crippen LogP contribution in [-0.2, 0) is 23.7 Å². The van der Waals surface area contributed by atoms with Gasteiger partial charge in [0.2, 0.25) is 0 Å². The van der Waals surface area contributed by atoms with Crippen LogP contribution in [0.3, 0.4) is 0 Å². The van der Waals surface area contributed by atoms with E-state index in [4.69, 9.17) is 23.7 Å². The van der Waals surface area contributed by atoms with E-state index >= 15 is 0 Å². The predicted octanol–water partition coefficient (Wildman–Crippen LogP) is 1.78. The van der Waals surface area contributed by atoms with Crippen LogP contribution in [0.5, 0.6) is 0 Å². The Kier molecular flexibility index (Phi) is 9.95. The summed E-state index contributed by atoms with van der Waals surface area (Å²) in [5, 5.41) is 85.3. The second kappa shape index (κ2) is 13.4. The molecule has 0 aromatic carbocycles. The summed E-state index contributed by atoms with van der Waals surface area (Å²) in [7, 11) is 0. The molecule has 2 bridgehead atoms. The van der Waals surface area contributed by atoms with E-state index in [-0.39, 0.29) is 56.3 Å². The zero-order valence-corrected chi connectivity index (χ0v) is 33.7. The molecule has 3 saturated heterocycles. The van der Waals surface area contributed by atoms with E-state index in [0.717, 1.165) is 44.9 Å². The Morgan fingerprint density at radius 1 is 0.691 bits per heavy atom. The number of aliphatic hydroxyl groups is 8. The maximum atomic E-state index is 12.1. The second-order valence-electron chi connectivity index (χ2n) is 21.2. The molecular formula is C42H68O13. The van der Waals surface area contributed by atoms with E-state index in [9.17, 15) is 40.9 Å². The van der Waals surface area contributed by atoms with Crippen molar-refractivity contribution in [2.45, 2.75) is 179 Å². The molecule has 0 aromatic rings. The number of hydrogen-bond acceptors (Lipinski definition) is 13. The minimum atomic E-state index is -1.65. The van der Waals surface area contributed by atoms with E-state index in [1.165, 1.54) is 0 Å². The average molecular weight is 781 g/mol. The molecule has 8 N–H and O–H groups in total. The van der Waals surface area contributed by atoms with Gasteiger partial charge in [-0.05, 0) is 84.9 Å². The molecule has 11 unspecified atom stereocenters. The monoisotopic (exact) mass is 780 g/mol. The summed E-state index contributed by atoms with van der Waals surface area (Å²) in [6.45, 7) is 16.1. The SMILES string of the molecule is CC1(C)CC[C@]23CO[C@@]4(C=C[C@@H]5[C@]6(C)CCC(O[C@H]7OC(COC8OC(CO)C(O)C(O)C8O)C(O)C(O)C7O)C(C)(C)[C@@H]6CC[C@]5(C)[C@@]4(C)CC2O)[C@@H]3C1. The molecule has 314 valence electrons. The lowest BCUT2D eigenvalue weighted by molar-refractivity contribution is -0.345. The highest BCUT2D eigenvalue weighted by Crippen LogP contribution is 2.79. The molecule has 20 atom stereocenters. The van der Waals surface area contributed by atoms with Gasteiger partial charge in [-0.2, -0.15) is 0 Å². The van der Waals surface area contributed by atoms with Crippen molar-refractivity contribution in [1.29, 1.82) is 0 Å². The fraction of sp³-hybridized carbons (Fsp3) is 0.952. The van der Waals surface area contributed by atoms with Crippen LogP contribution in [-0.4, -0.2) is 140 Å². The molecule has 3 aliphatic heterocycles. The molecule has 4 saturated carbocycles. The highest BCUT2D eigenvalue weighted by Gasteiger charge is 2.79. The quantitative estimate of drug-likeness (QED) is 0.143. The van der Waals surface area contributed by atoms with Gasteiger partial charge in [-0.1, -0.05) is 60.6 Å². The summed E-state index contributed by atoms with van der Waals surface area (Å²) in [5.74, 6) is 0.763. The lowest BCUT2D eigenvalue weighted by atomic mass is 9.32. The van der Waals surface area contributed by atoms with Gasteiger partial charge in [-0.15, -0.1) is 0 Å². The Hall–Kier alpha value is -0.780. The standard InChI is InChI=1S/C42H68O13/c1-36(2)14-15-41-20-52-42(25(41)16-36)13-9-24-38(5)11-10-27(37(3,4)23(38)8-12-39(24,6)40(42,7)17-26(41)44)55-35-33(50)31(48)29(46)22(54-35)19-51-34-32(49)30(47)28(45)21(18-43)53-34/h9,13,21-35,43-50H,8,10-12,14-20H2,1-7H3/t21?,22?,23-,24+,25+,26?,27?,28?,29?,30?,31?,32?,33?,34?,35+,38+,39-,40+,41+,42-/m0/s1. The molecule has 0 amide bonds. The van der Waals surface area contributed by atoms with Crippen LogP contribution in [0.25, 0.3) is 0 Å². The Morgan fingerprint density at radius 2 is 1.35 bits per heavy atom. The van der Waals surface area contributed by atoms with Crippen molar-refractivity contribution in [3.8, 4) is 0 Å². The van der Waals surface area contributed by atoms with Gasteiger partial charge >= 0.3 is 0 Å². The van der Waals surface area contributed by atoms with E-state index in [2.05, 4.69) is 60.6 Å². The maximum Gasteiger partial charge on any atom is 0.186 e. The van der Waals surface area contributed by atoms with Crippen molar-refractivity contribution in [2.24, 2.45) is 50.2 Å². The van der Waals surface area contributed by atoms with Crippen molar-refractivity contribution in [3.63, 3.8) is 0 Å². The smallest absolute Gasteiger partial charge is 0.186 e. The fourth-order valence-electron chi connectivity index (χ4n) is 14.2. The third kappa shape index (κ3) is 5.58. The molecular weight excluding hydrogens is 712 g/mol. The van der Waals surface area contributed by atoms with Crippen LogP contribution in [0.1, 0.15) is 99.8 Å². The van der Waals surface area contributed by atoms with Crippen LogP contribution in [0.4, 0.5) is 0 Å².